The second-order valence-corrected chi connectivity index (χ2v) is 4.68. The molecule has 0 atom stereocenters. The van der Waals surface area contributed by atoms with E-state index < -0.39 is 11.7 Å². The molecule has 0 radical (unpaired) electrons. The minimum absolute atomic E-state index is 0.540. The molecule has 0 fully saturated rings. The van der Waals surface area contributed by atoms with E-state index in [4.69, 9.17) is 11.6 Å². The Labute approximate surface area is 117 Å². The van der Waals surface area contributed by atoms with Crippen molar-refractivity contribution in [1.29, 1.82) is 0 Å². The number of hydrogen-bond donors (Lipinski definition) is 0. The molecule has 2 heterocycles. The van der Waals surface area contributed by atoms with E-state index in [1.165, 1.54) is 12.1 Å². The highest BCUT2D eigenvalue weighted by Crippen LogP contribution is 2.31. The fourth-order valence-electron chi connectivity index (χ4n) is 2.01. The fourth-order valence-corrected chi connectivity index (χ4v) is 2.22. The number of aromatic nitrogens is 2. The third-order valence-corrected chi connectivity index (χ3v) is 3.31. The number of rotatable bonds is 1. The summed E-state index contributed by atoms with van der Waals surface area (Å²) in [6, 6.07) is 8.37. The van der Waals surface area contributed by atoms with Crippen molar-refractivity contribution in [1.82, 2.24) is 9.38 Å². The predicted octanol–water partition coefficient (Wildman–Crippen LogP) is 4.67. The molecule has 0 saturated carbocycles. The summed E-state index contributed by atoms with van der Waals surface area (Å²) in [6.07, 6.45) is -0.979. The van der Waals surface area contributed by atoms with Crippen LogP contribution in [0, 0.1) is 0 Å². The highest BCUT2D eigenvalue weighted by Gasteiger charge is 2.30. The topological polar surface area (TPSA) is 17.3 Å². The molecular formula is C14H8ClF3N2. The third kappa shape index (κ3) is 2.14. The summed E-state index contributed by atoms with van der Waals surface area (Å²) in [5.74, 6) is 0.552. The van der Waals surface area contributed by atoms with Crippen LogP contribution in [0.2, 0.25) is 5.02 Å². The quantitative estimate of drug-likeness (QED) is 0.637. The van der Waals surface area contributed by atoms with Crippen molar-refractivity contribution in [2.45, 2.75) is 6.18 Å². The summed E-state index contributed by atoms with van der Waals surface area (Å²) in [6.45, 7) is 0. The molecule has 0 aliphatic rings. The van der Waals surface area contributed by atoms with E-state index in [9.17, 15) is 13.2 Å². The first-order valence-electron chi connectivity index (χ1n) is 5.76. The molecule has 102 valence electrons. The number of hydrogen-bond acceptors (Lipinski definition) is 1. The van der Waals surface area contributed by atoms with Crippen molar-refractivity contribution in [2.24, 2.45) is 0 Å². The van der Waals surface area contributed by atoms with Crippen molar-refractivity contribution in [3.05, 3.63) is 59.4 Å². The predicted molar refractivity (Wildman–Crippen MR) is 70.6 cm³/mol. The van der Waals surface area contributed by atoms with Gasteiger partial charge >= 0.3 is 6.18 Å². The second-order valence-electron chi connectivity index (χ2n) is 4.27. The van der Waals surface area contributed by atoms with Crippen LogP contribution in [-0.4, -0.2) is 9.38 Å². The van der Waals surface area contributed by atoms with E-state index in [2.05, 4.69) is 4.98 Å². The maximum Gasteiger partial charge on any atom is 0.416 e. The lowest BCUT2D eigenvalue weighted by molar-refractivity contribution is -0.137. The average Bonchev–Trinajstić information content (AvgIpc) is 2.83. The van der Waals surface area contributed by atoms with Crippen molar-refractivity contribution < 1.29 is 13.2 Å². The number of nitrogens with zero attached hydrogens (tertiary/aromatic N) is 2. The van der Waals surface area contributed by atoms with E-state index in [0.717, 1.165) is 12.1 Å². The van der Waals surface area contributed by atoms with Crippen LogP contribution in [0.4, 0.5) is 13.2 Å². The zero-order chi connectivity index (χ0) is 14.3. The lowest BCUT2D eigenvalue weighted by atomic mass is 10.1. The van der Waals surface area contributed by atoms with Crippen LogP contribution in [0.5, 0.6) is 0 Å². The SMILES string of the molecule is FC(F)(F)c1ccc(-c2ncc3c(Cl)cccn23)cc1. The maximum atomic E-state index is 12.5. The van der Waals surface area contributed by atoms with Crippen LogP contribution < -0.4 is 0 Å². The molecule has 0 spiro atoms. The summed E-state index contributed by atoms with van der Waals surface area (Å²) in [7, 11) is 0. The monoisotopic (exact) mass is 296 g/mol. The highest BCUT2D eigenvalue weighted by molar-refractivity contribution is 6.33. The Hall–Kier alpha value is -2.01. The first kappa shape index (κ1) is 13.0. The van der Waals surface area contributed by atoms with Gasteiger partial charge in [0, 0.05) is 11.8 Å². The molecule has 20 heavy (non-hydrogen) atoms. The largest absolute Gasteiger partial charge is 0.416 e. The molecule has 3 rings (SSSR count). The number of pyridine rings is 1. The van der Waals surface area contributed by atoms with Gasteiger partial charge in [-0.3, -0.25) is 4.40 Å². The summed E-state index contributed by atoms with van der Waals surface area (Å²) < 4.78 is 39.3. The summed E-state index contributed by atoms with van der Waals surface area (Å²) >= 11 is 6.03. The lowest BCUT2D eigenvalue weighted by Crippen LogP contribution is -2.04. The molecule has 1 aromatic carbocycles. The highest BCUT2D eigenvalue weighted by atomic mass is 35.5. The van der Waals surface area contributed by atoms with Gasteiger partial charge in [-0.05, 0) is 24.3 Å². The molecule has 0 unspecified atom stereocenters. The number of alkyl halides is 3. The van der Waals surface area contributed by atoms with Gasteiger partial charge in [0.05, 0.1) is 22.3 Å². The Morgan fingerprint density at radius 1 is 1.05 bits per heavy atom. The zero-order valence-electron chi connectivity index (χ0n) is 10.0. The van der Waals surface area contributed by atoms with Gasteiger partial charge in [0.25, 0.3) is 0 Å². The van der Waals surface area contributed by atoms with Crippen LogP contribution in [0.1, 0.15) is 5.56 Å². The number of halogens is 4. The Morgan fingerprint density at radius 3 is 2.40 bits per heavy atom. The number of imidazole rings is 1. The average molecular weight is 297 g/mol. The van der Waals surface area contributed by atoms with Gasteiger partial charge in [-0.15, -0.1) is 0 Å². The Balaban J connectivity index is 2.10. The van der Waals surface area contributed by atoms with E-state index in [1.54, 1.807) is 28.9 Å². The third-order valence-electron chi connectivity index (χ3n) is 2.99. The van der Waals surface area contributed by atoms with Crippen molar-refractivity contribution in [3.8, 4) is 11.4 Å². The number of benzene rings is 1. The standard InChI is InChI=1S/C14H8ClF3N2/c15-11-2-1-7-20-12(11)8-19-13(20)9-3-5-10(6-4-9)14(16,17)18/h1-8H. The smallest absolute Gasteiger partial charge is 0.298 e. The van der Waals surface area contributed by atoms with Gasteiger partial charge in [0.15, 0.2) is 0 Å². The van der Waals surface area contributed by atoms with Crippen LogP contribution in [-0.2, 0) is 6.18 Å². The number of fused-ring (bicyclic) bond motifs is 1. The fraction of sp³-hybridized carbons (Fsp3) is 0.0714. The minimum atomic E-state index is -4.34. The first-order chi connectivity index (χ1) is 9.47. The van der Waals surface area contributed by atoms with Crippen molar-refractivity contribution >= 4 is 17.1 Å². The molecular weight excluding hydrogens is 289 g/mol. The van der Waals surface area contributed by atoms with E-state index in [-0.39, 0.29) is 0 Å². The van der Waals surface area contributed by atoms with Crippen molar-refractivity contribution in [3.63, 3.8) is 0 Å². The molecule has 2 aromatic heterocycles. The van der Waals surface area contributed by atoms with Gasteiger partial charge in [-0.2, -0.15) is 13.2 Å². The van der Waals surface area contributed by atoms with Crippen molar-refractivity contribution in [2.75, 3.05) is 0 Å². The van der Waals surface area contributed by atoms with Crippen LogP contribution in [0.25, 0.3) is 16.9 Å². The van der Waals surface area contributed by atoms with Crippen LogP contribution >= 0.6 is 11.6 Å². The Bertz CT molecular complexity index is 760. The molecule has 0 amide bonds. The Kier molecular flexibility index (Phi) is 2.94. The zero-order valence-corrected chi connectivity index (χ0v) is 10.8. The van der Waals surface area contributed by atoms with Gasteiger partial charge in [0.2, 0.25) is 0 Å². The van der Waals surface area contributed by atoms with Gasteiger partial charge in [-0.1, -0.05) is 23.7 Å². The molecule has 6 heteroatoms. The normalized spacial score (nSPS) is 12.0. The summed E-state index contributed by atoms with van der Waals surface area (Å²) in [5.41, 5.74) is 0.629. The molecule has 3 aromatic rings. The Morgan fingerprint density at radius 2 is 1.75 bits per heavy atom. The minimum Gasteiger partial charge on any atom is -0.298 e. The summed E-state index contributed by atoms with van der Waals surface area (Å²) in [4.78, 5) is 4.22. The van der Waals surface area contributed by atoms with Gasteiger partial charge in [-0.25, -0.2) is 4.98 Å². The van der Waals surface area contributed by atoms with E-state index >= 15 is 0 Å². The summed E-state index contributed by atoms with van der Waals surface area (Å²) in [5, 5.41) is 0.540. The van der Waals surface area contributed by atoms with Crippen LogP contribution in [0.3, 0.4) is 0 Å². The molecule has 0 bridgehead atoms. The van der Waals surface area contributed by atoms with E-state index in [1.807, 2.05) is 0 Å². The molecule has 0 saturated heterocycles. The van der Waals surface area contributed by atoms with Crippen LogP contribution in [0.15, 0.2) is 48.8 Å². The maximum absolute atomic E-state index is 12.5. The van der Waals surface area contributed by atoms with E-state index in [0.29, 0.717) is 21.9 Å². The molecule has 0 aliphatic heterocycles. The van der Waals surface area contributed by atoms with Gasteiger partial charge < -0.3 is 0 Å². The van der Waals surface area contributed by atoms with Gasteiger partial charge in [0.1, 0.15) is 5.82 Å². The first-order valence-corrected chi connectivity index (χ1v) is 6.14. The molecule has 0 N–H and O–H groups in total. The second kappa shape index (κ2) is 4.52. The molecule has 0 aliphatic carbocycles. The lowest BCUT2D eigenvalue weighted by Gasteiger charge is -2.07. The molecule has 2 nitrogen and oxygen atoms in total.